The quantitative estimate of drug-likeness (QED) is 0.735. The highest BCUT2D eigenvalue weighted by Gasteiger charge is 2.05. The molecule has 2 aromatic rings. The maximum Gasteiger partial charge on any atom is 0.223 e. The first-order valence-corrected chi connectivity index (χ1v) is 5.36. The lowest BCUT2D eigenvalue weighted by Gasteiger charge is -2.06. The van der Waals surface area contributed by atoms with Crippen molar-refractivity contribution in [3.63, 3.8) is 0 Å². The highest BCUT2D eigenvalue weighted by Crippen LogP contribution is 2.26. The van der Waals surface area contributed by atoms with Gasteiger partial charge in [0.15, 0.2) is 0 Å². The Balaban J connectivity index is 2.30. The third-order valence-electron chi connectivity index (χ3n) is 2.26. The highest BCUT2D eigenvalue weighted by molar-refractivity contribution is 5.66. The number of hydrogen-bond acceptors (Lipinski definition) is 5. The minimum absolute atomic E-state index is 0.205. The van der Waals surface area contributed by atoms with Crippen molar-refractivity contribution in [1.29, 1.82) is 0 Å². The number of anilines is 1. The standard InChI is InChI=1S/C12H14N4O/c13-6-8-15-12-14-7-5-10(16-12)9-3-1-2-4-11(9)17/h1-5,7,17H,6,8,13H2,(H,14,15,16). The van der Waals surface area contributed by atoms with Gasteiger partial charge in [0.05, 0.1) is 5.69 Å². The predicted octanol–water partition coefficient (Wildman–Crippen LogP) is 1.22. The van der Waals surface area contributed by atoms with E-state index >= 15 is 0 Å². The van der Waals surface area contributed by atoms with E-state index in [0.29, 0.717) is 30.3 Å². The van der Waals surface area contributed by atoms with E-state index in [1.54, 1.807) is 24.4 Å². The molecule has 4 N–H and O–H groups in total. The van der Waals surface area contributed by atoms with Crippen LogP contribution in [0.3, 0.4) is 0 Å². The largest absolute Gasteiger partial charge is 0.507 e. The average Bonchev–Trinajstić information content (AvgIpc) is 2.37. The maximum atomic E-state index is 9.73. The molecule has 0 amide bonds. The van der Waals surface area contributed by atoms with E-state index in [1.807, 2.05) is 12.1 Å². The fourth-order valence-electron chi connectivity index (χ4n) is 1.47. The molecule has 0 bridgehead atoms. The minimum Gasteiger partial charge on any atom is -0.507 e. The number of benzene rings is 1. The van der Waals surface area contributed by atoms with E-state index in [-0.39, 0.29) is 5.75 Å². The van der Waals surface area contributed by atoms with Crippen LogP contribution in [0.1, 0.15) is 0 Å². The first-order chi connectivity index (χ1) is 8.31. The molecule has 5 heteroatoms. The Morgan fingerprint density at radius 1 is 1.24 bits per heavy atom. The molecule has 0 saturated heterocycles. The van der Waals surface area contributed by atoms with Crippen LogP contribution in [0.4, 0.5) is 5.95 Å². The van der Waals surface area contributed by atoms with Gasteiger partial charge in [-0.1, -0.05) is 12.1 Å². The molecule has 0 aliphatic heterocycles. The SMILES string of the molecule is NCCNc1nccc(-c2ccccc2O)n1. The van der Waals surface area contributed by atoms with Gasteiger partial charge < -0.3 is 16.2 Å². The molecular weight excluding hydrogens is 216 g/mol. The van der Waals surface area contributed by atoms with Crippen molar-refractivity contribution in [3.8, 4) is 17.0 Å². The van der Waals surface area contributed by atoms with E-state index in [0.717, 1.165) is 0 Å². The smallest absolute Gasteiger partial charge is 0.223 e. The molecule has 2 rings (SSSR count). The Labute approximate surface area is 99.3 Å². The van der Waals surface area contributed by atoms with Crippen LogP contribution in [0.25, 0.3) is 11.3 Å². The number of hydrogen-bond donors (Lipinski definition) is 3. The lowest BCUT2D eigenvalue weighted by Crippen LogP contribution is -2.14. The van der Waals surface area contributed by atoms with E-state index in [1.165, 1.54) is 0 Å². The van der Waals surface area contributed by atoms with Gasteiger partial charge in [0.2, 0.25) is 5.95 Å². The number of aromatic nitrogens is 2. The van der Waals surface area contributed by atoms with Gasteiger partial charge in [-0.25, -0.2) is 9.97 Å². The summed E-state index contributed by atoms with van der Waals surface area (Å²) < 4.78 is 0. The second-order valence-corrected chi connectivity index (χ2v) is 3.50. The molecule has 0 aliphatic carbocycles. The number of phenols is 1. The van der Waals surface area contributed by atoms with Gasteiger partial charge >= 0.3 is 0 Å². The van der Waals surface area contributed by atoms with Crippen molar-refractivity contribution < 1.29 is 5.11 Å². The summed E-state index contributed by atoms with van der Waals surface area (Å²) in [6.07, 6.45) is 1.65. The van der Waals surface area contributed by atoms with Crippen LogP contribution in [0.2, 0.25) is 0 Å². The zero-order valence-electron chi connectivity index (χ0n) is 9.30. The van der Waals surface area contributed by atoms with Crippen LogP contribution in [-0.2, 0) is 0 Å². The molecule has 0 radical (unpaired) electrons. The van der Waals surface area contributed by atoms with Crippen molar-refractivity contribution in [2.45, 2.75) is 0 Å². The average molecular weight is 230 g/mol. The Morgan fingerprint density at radius 2 is 2.06 bits per heavy atom. The highest BCUT2D eigenvalue weighted by atomic mass is 16.3. The molecule has 0 saturated carbocycles. The molecule has 1 aromatic heterocycles. The normalized spacial score (nSPS) is 10.2. The zero-order chi connectivity index (χ0) is 12.1. The summed E-state index contributed by atoms with van der Waals surface area (Å²) >= 11 is 0. The summed E-state index contributed by atoms with van der Waals surface area (Å²) in [5.41, 5.74) is 6.76. The molecule has 17 heavy (non-hydrogen) atoms. The maximum absolute atomic E-state index is 9.73. The van der Waals surface area contributed by atoms with Crippen molar-refractivity contribution in [3.05, 3.63) is 36.5 Å². The van der Waals surface area contributed by atoms with E-state index in [4.69, 9.17) is 5.73 Å². The summed E-state index contributed by atoms with van der Waals surface area (Å²) in [5.74, 6) is 0.715. The number of para-hydroxylation sites is 1. The van der Waals surface area contributed by atoms with Gasteiger partial charge in [-0.05, 0) is 18.2 Å². The molecule has 0 spiro atoms. The van der Waals surface area contributed by atoms with Gasteiger partial charge in [0.1, 0.15) is 5.75 Å². The lowest BCUT2D eigenvalue weighted by molar-refractivity contribution is 0.477. The Kier molecular flexibility index (Phi) is 3.52. The van der Waals surface area contributed by atoms with Gasteiger partial charge in [0.25, 0.3) is 0 Å². The fourth-order valence-corrected chi connectivity index (χ4v) is 1.47. The first kappa shape index (κ1) is 11.3. The van der Waals surface area contributed by atoms with E-state index in [9.17, 15) is 5.11 Å². The predicted molar refractivity (Wildman–Crippen MR) is 66.7 cm³/mol. The number of nitrogens with zero attached hydrogens (tertiary/aromatic N) is 2. The van der Waals surface area contributed by atoms with Crippen LogP contribution in [0, 0.1) is 0 Å². The Bertz CT molecular complexity index is 501. The van der Waals surface area contributed by atoms with Gasteiger partial charge in [-0.3, -0.25) is 0 Å². The summed E-state index contributed by atoms with van der Waals surface area (Å²) in [7, 11) is 0. The number of nitrogens with one attached hydrogen (secondary N) is 1. The Hall–Kier alpha value is -2.14. The molecule has 0 unspecified atom stereocenters. The molecule has 1 aromatic carbocycles. The Morgan fingerprint density at radius 3 is 2.82 bits per heavy atom. The first-order valence-electron chi connectivity index (χ1n) is 5.36. The third-order valence-corrected chi connectivity index (χ3v) is 2.26. The van der Waals surface area contributed by atoms with Crippen molar-refractivity contribution in [2.75, 3.05) is 18.4 Å². The number of phenolic OH excluding ortho intramolecular Hbond substituents is 1. The lowest BCUT2D eigenvalue weighted by atomic mass is 10.1. The number of aromatic hydroxyl groups is 1. The topological polar surface area (TPSA) is 84.1 Å². The molecule has 0 atom stereocenters. The van der Waals surface area contributed by atoms with Crippen LogP contribution in [-0.4, -0.2) is 28.2 Å². The molecule has 0 aliphatic rings. The van der Waals surface area contributed by atoms with Crippen LogP contribution >= 0.6 is 0 Å². The summed E-state index contributed by atoms with van der Waals surface area (Å²) in [6.45, 7) is 1.13. The van der Waals surface area contributed by atoms with Crippen LogP contribution in [0.5, 0.6) is 5.75 Å². The monoisotopic (exact) mass is 230 g/mol. The van der Waals surface area contributed by atoms with E-state index < -0.39 is 0 Å². The second-order valence-electron chi connectivity index (χ2n) is 3.50. The van der Waals surface area contributed by atoms with E-state index in [2.05, 4.69) is 15.3 Å². The molecule has 88 valence electrons. The summed E-state index contributed by atoms with van der Waals surface area (Å²) in [4.78, 5) is 8.38. The van der Waals surface area contributed by atoms with Crippen LogP contribution < -0.4 is 11.1 Å². The number of rotatable bonds is 4. The van der Waals surface area contributed by atoms with Gasteiger partial charge in [0, 0.05) is 24.8 Å². The molecule has 0 fully saturated rings. The summed E-state index contributed by atoms with van der Waals surface area (Å²) in [6, 6.07) is 8.81. The van der Waals surface area contributed by atoms with Crippen molar-refractivity contribution in [1.82, 2.24) is 9.97 Å². The fraction of sp³-hybridized carbons (Fsp3) is 0.167. The molecule has 1 heterocycles. The van der Waals surface area contributed by atoms with Crippen LogP contribution in [0.15, 0.2) is 36.5 Å². The molecular formula is C12H14N4O. The number of nitrogens with two attached hydrogens (primary N) is 1. The zero-order valence-corrected chi connectivity index (χ0v) is 9.30. The van der Waals surface area contributed by atoms with Gasteiger partial charge in [-0.15, -0.1) is 0 Å². The summed E-state index contributed by atoms with van der Waals surface area (Å²) in [5, 5.41) is 12.7. The van der Waals surface area contributed by atoms with Crippen molar-refractivity contribution >= 4 is 5.95 Å². The minimum atomic E-state index is 0.205. The third kappa shape index (κ3) is 2.70. The second kappa shape index (κ2) is 5.27. The molecule has 5 nitrogen and oxygen atoms in total. The van der Waals surface area contributed by atoms with Crippen molar-refractivity contribution in [2.24, 2.45) is 5.73 Å². The van der Waals surface area contributed by atoms with Gasteiger partial charge in [-0.2, -0.15) is 0 Å².